The van der Waals surface area contributed by atoms with Gasteiger partial charge in [0.15, 0.2) is 24.6 Å². The summed E-state index contributed by atoms with van der Waals surface area (Å²) >= 11 is 0. The summed E-state index contributed by atoms with van der Waals surface area (Å²) in [6.45, 7) is 7.95. The molecule has 0 spiro atoms. The van der Waals surface area contributed by atoms with E-state index in [-0.39, 0.29) is 32.3 Å². The van der Waals surface area contributed by atoms with Gasteiger partial charge in [0, 0.05) is 25.7 Å². The fourth-order valence-corrected chi connectivity index (χ4v) is 5.10. The number of hydrogen-bond acceptors (Lipinski definition) is 10. The zero-order valence-electron chi connectivity index (χ0n) is 27.9. The minimum atomic E-state index is -1.68. The Balaban J connectivity index is 3.14. The second kappa shape index (κ2) is 25.0. The lowest BCUT2D eigenvalue weighted by molar-refractivity contribution is -0.297. The second-order valence-corrected chi connectivity index (χ2v) is 11.9. The average molecular weight is 629 g/mol. The van der Waals surface area contributed by atoms with Crippen molar-refractivity contribution in [3.8, 4) is 0 Å². The molecule has 0 aromatic heterocycles. The molecule has 1 aliphatic rings. The third-order valence-electron chi connectivity index (χ3n) is 7.76. The SMILES string of the molecule is CCCCCCCC(=O)O[C@@H]1[C@H](OC(=O)CCCCCCC)[C@@H](O)O[C@H](COC(=O)CCCCC)[C@H]1OC(=O)CCCCC. The third kappa shape index (κ3) is 17.3. The molecule has 0 saturated carbocycles. The maximum absolute atomic E-state index is 13.0. The topological polar surface area (TPSA) is 135 Å². The van der Waals surface area contributed by atoms with Crippen LogP contribution in [0.5, 0.6) is 0 Å². The molecule has 0 unspecified atom stereocenters. The Bertz CT molecular complexity index is 801. The molecule has 5 atom stereocenters. The molecule has 44 heavy (non-hydrogen) atoms. The van der Waals surface area contributed by atoms with Gasteiger partial charge in [-0.15, -0.1) is 0 Å². The quantitative estimate of drug-likeness (QED) is 0.0649. The molecule has 1 heterocycles. The first-order valence-corrected chi connectivity index (χ1v) is 17.3. The number of esters is 4. The predicted octanol–water partition coefficient (Wildman–Crippen LogP) is 6.86. The van der Waals surface area contributed by atoms with E-state index in [9.17, 15) is 24.3 Å². The summed E-state index contributed by atoms with van der Waals surface area (Å²) in [5, 5.41) is 11.0. The van der Waals surface area contributed by atoms with Gasteiger partial charge >= 0.3 is 23.9 Å². The van der Waals surface area contributed by atoms with Crippen LogP contribution in [0.2, 0.25) is 0 Å². The number of carbonyl (C=O) groups excluding carboxylic acids is 4. The van der Waals surface area contributed by atoms with Crippen molar-refractivity contribution < 1.29 is 48.0 Å². The molecule has 0 aromatic rings. The highest BCUT2D eigenvalue weighted by Gasteiger charge is 2.52. The minimum absolute atomic E-state index is 0.128. The highest BCUT2D eigenvalue weighted by atomic mass is 16.7. The first kappa shape index (κ1) is 39.8. The summed E-state index contributed by atoms with van der Waals surface area (Å²) in [5.74, 6) is -2.10. The van der Waals surface area contributed by atoms with Crippen LogP contribution >= 0.6 is 0 Å². The molecule has 1 N–H and O–H groups in total. The highest BCUT2D eigenvalue weighted by Crippen LogP contribution is 2.29. The molecule has 10 nitrogen and oxygen atoms in total. The van der Waals surface area contributed by atoms with Crippen molar-refractivity contribution in [1.82, 2.24) is 0 Å². The zero-order valence-corrected chi connectivity index (χ0v) is 27.9. The van der Waals surface area contributed by atoms with Gasteiger partial charge in [-0.2, -0.15) is 0 Å². The van der Waals surface area contributed by atoms with Crippen molar-refractivity contribution in [3.05, 3.63) is 0 Å². The Morgan fingerprint density at radius 3 is 1.34 bits per heavy atom. The highest BCUT2D eigenvalue weighted by molar-refractivity contribution is 5.72. The molecule has 1 fully saturated rings. The summed E-state index contributed by atoms with van der Waals surface area (Å²) in [4.78, 5) is 51.1. The molecule has 1 saturated heterocycles. The second-order valence-electron chi connectivity index (χ2n) is 11.9. The first-order valence-electron chi connectivity index (χ1n) is 17.3. The Morgan fingerprint density at radius 1 is 0.500 bits per heavy atom. The summed E-state index contributed by atoms with van der Waals surface area (Å²) in [6.07, 6.45) is 7.99. The average Bonchev–Trinajstić information content (AvgIpc) is 2.99. The van der Waals surface area contributed by atoms with Crippen LogP contribution < -0.4 is 0 Å². The van der Waals surface area contributed by atoms with E-state index in [4.69, 9.17) is 23.7 Å². The molecule has 0 aromatic carbocycles. The van der Waals surface area contributed by atoms with Crippen LogP contribution in [0.1, 0.15) is 156 Å². The number of aliphatic hydroxyl groups is 1. The fraction of sp³-hybridized carbons (Fsp3) is 0.882. The van der Waals surface area contributed by atoms with Gasteiger partial charge in [-0.05, 0) is 25.7 Å². The Hall–Kier alpha value is -2.20. The van der Waals surface area contributed by atoms with E-state index >= 15 is 0 Å². The Morgan fingerprint density at radius 2 is 0.864 bits per heavy atom. The van der Waals surface area contributed by atoms with Gasteiger partial charge < -0.3 is 28.8 Å². The van der Waals surface area contributed by atoms with Crippen LogP contribution in [0.25, 0.3) is 0 Å². The van der Waals surface area contributed by atoms with Crippen LogP contribution in [0.15, 0.2) is 0 Å². The van der Waals surface area contributed by atoms with Crippen LogP contribution in [-0.4, -0.2) is 66.3 Å². The minimum Gasteiger partial charge on any atom is -0.463 e. The normalized spacial score (nSPS) is 21.4. The van der Waals surface area contributed by atoms with Crippen LogP contribution in [-0.2, 0) is 42.9 Å². The van der Waals surface area contributed by atoms with Crippen LogP contribution in [0.3, 0.4) is 0 Å². The van der Waals surface area contributed by atoms with E-state index in [1.54, 1.807) is 0 Å². The lowest BCUT2D eigenvalue weighted by Crippen LogP contribution is -2.62. The summed E-state index contributed by atoms with van der Waals surface area (Å²) in [6, 6.07) is 0. The van der Waals surface area contributed by atoms with Crippen molar-refractivity contribution in [2.24, 2.45) is 0 Å². The molecule has 0 aliphatic carbocycles. The molecular formula is C34H60O10. The van der Waals surface area contributed by atoms with Crippen molar-refractivity contribution in [1.29, 1.82) is 0 Å². The van der Waals surface area contributed by atoms with Gasteiger partial charge in [-0.25, -0.2) is 0 Å². The molecule has 10 heteroatoms. The van der Waals surface area contributed by atoms with E-state index in [0.717, 1.165) is 77.0 Å². The maximum Gasteiger partial charge on any atom is 0.306 e. The van der Waals surface area contributed by atoms with Crippen molar-refractivity contribution in [2.75, 3.05) is 6.61 Å². The Labute approximate surface area is 265 Å². The fourth-order valence-electron chi connectivity index (χ4n) is 5.10. The number of ether oxygens (including phenoxy) is 5. The Kier molecular flexibility index (Phi) is 22.7. The van der Waals surface area contributed by atoms with E-state index in [1.807, 2.05) is 13.8 Å². The van der Waals surface area contributed by atoms with E-state index in [0.29, 0.717) is 25.7 Å². The van der Waals surface area contributed by atoms with Gasteiger partial charge in [0.2, 0.25) is 0 Å². The first-order chi connectivity index (χ1) is 21.3. The van der Waals surface area contributed by atoms with Crippen molar-refractivity contribution >= 4 is 23.9 Å². The van der Waals surface area contributed by atoms with Crippen molar-refractivity contribution in [2.45, 2.75) is 187 Å². The maximum atomic E-state index is 13.0. The lowest BCUT2D eigenvalue weighted by atomic mass is 9.98. The van der Waals surface area contributed by atoms with E-state index in [2.05, 4.69) is 13.8 Å². The predicted molar refractivity (Wildman–Crippen MR) is 167 cm³/mol. The van der Waals surface area contributed by atoms with Gasteiger partial charge in [-0.3, -0.25) is 19.2 Å². The third-order valence-corrected chi connectivity index (χ3v) is 7.76. The van der Waals surface area contributed by atoms with Gasteiger partial charge in [0.25, 0.3) is 0 Å². The number of hydrogen-bond donors (Lipinski definition) is 1. The number of unbranched alkanes of at least 4 members (excludes halogenated alkanes) is 12. The summed E-state index contributed by atoms with van der Waals surface area (Å²) < 4.78 is 28.4. The molecule has 0 radical (unpaired) electrons. The lowest BCUT2D eigenvalue weighted by Gasteiger charge is -2.43. The van der Waals surface area contributed by atoms with Crippen LogP contribution in [0.4, 0.5) is 0 Å². The number of aliphatic hydroxyl groups excluding tert-OH is 1. The molecular weight excluding hydrogens is 568 g/mol. The summed E-state index contributed by atoms with van der Waals surface area (Å²) in [7, 11) is 0. The molecule has 1 rings (SSSR count). The standard InChI is InChI=1S/C34H60O10/c1-5-9-13-15-19-23-29(37)43-32-31(42-28(36)22-18-12-8-4)26(25-40-27(35)21-17-11-7-3)41-34(39)33(32)44-30(38)24-20-16-14-10-6-2/h26,31-34,39H,5-25H2,1-4H3/t26-,31-,32+,33+,34+/m1/s1. The van der Waals surface area contributed by atoms with Crippen molar-refractivity contribution in [3.63, 3.8) is 0 Å². The zero-order chi connectivity index (χ0) is 32.6. The van der Waals surface area contributed by atoms with E-state index in [1.165, 1.54) is 0 Å². The molecule has 0 amide bonds. The largest absolute Gasteiger partial charge is 0.463 e. The molecule has 256 valence electrons. The van der Waals surface area contributed by atoms with Gasteiger partial charge in [0.1, 0.15) is 12.7 Å². The van der Waals surface area contributed by atoms with Gasteiger partial charge in [-0.1, -0.05) is 105 Å². The molecule has 1 aliphatic heterocycles. The number of carbonyl (C=O) groups is 4. The smallest absolute Gasteiger partial charge is 0.306 e. The summed E-state index contributed by atoms with van der Waals surface area (Å²) in [5.41, 5.74) is 0. The molecule has 0 bridgehead atoms. The van der Waals surface area contributed by atoms with Gasteiger partial charge in [0.05, 0.1) is 0 Å². The number of rotatable bonds is 25. The van der Waals surface area contributed by atoms with E-state index < -0.39 is 54.6 Å². The monoisotopic (exact) mass is 628 g/mol. The van der Waals surface area contributed by atoms with Crippen LogP contribution in [0, 0.1) is 0 Å².